The fraction of sp³-hybridized carbons (Fsp3) is 0.417. The van der Waals surface area contributed by atoms with E-state index in [1.807, 2.05) is 18.4 Å². The fourth-order valence-corrected chi connectivity index (χ4v) is 1.81. The van der Waals surface area contributed by atoms with Crippen molar-refractivity contribution in [3.63, 3.8) is 0 Å². The predicted octanol–water partition coefficient (Wildman–Crippen LogP) is 0.455. The maximum Gasteiger partial charge on any atom is 0.132 e. The first-order valence-corrected chi connectivity index (χ1v) is 5.81. The average molecular weight is 247 g/mol. The summed E-state index contributed by atoms with van der Waals surface area (Å²) in [5.41, 5.74) is 8.67. The molecule has 0 aliphatic heterocycles. The first-order valence-electron chi connectivity index (χ1n) is 5.81. The molecule has 0 unspecified atom stereocenters. The highest BCUT2D eigenvalue weighted by atomic mass is 16.3. The molecule has 6 heteroatoms. The first-order chi connectivity index (χ1) is 8.61. The smallest absolute Gasteiger partial charge is 0.132 e. The van der Waals surface area contributed by atoms with Gasteiger partial charge in [0.1, 0.15) is 11.6 Å². The van der Waals surface area contributed by atoms with Gasteiger partial charge in [0, 0.05) is 30.5 Å². The molecule has 0 atom stereocenters. The van der Waals surface area contributed by atoms with Crippen molar-refractivity contribution in [3.05, 3.63) is 35.3 Å². The van der Waals surface area contributed by atoms with Crippen LogP contribution in [-0.2, 0) is 13.0 Å². The van der Waals surface area contributed by atoms with Crippen LogP contribution in [0.3, 0.4) is 0 Å². The van der Waals surface area contributed by atoms with Crippen LogP contribution < -0.4 is 5.73 Å². The lowest BCUT2D eigenvalue weighted by molar-refractivity contribution is 0.298. The van der Waals surface area contributed by atoms with Crippen LogP contribution in [-0.4, -0.2) is 31.2 Å². The molecule has 0 radical (unpaired) electrons. The molecule has 0 bridgehead atoms. The van der Waals surface area contributed by atoms with E-state index in [1.54, 1.807) is 12.5 Å². The lowest BCUT2D eigenvalue weighted by atomic mass is 10.2. The van der Waals surface area contributed by atoms with E-state index < -0.39 is 0 Å². The molecule has 0 aliphatic carbocycles. The summed E-state index contributed by atoms with van der Waals surface area (Å²) in [6, 6.07) is 0. The monoisotopic (exact) mass is 247 g/mol. The topological polar surface area (TPSA) is 89.8 Å². The van der Waals surface area contributed by atoms with Gasteiger partial charge in [-0.3, -0.25) is 0 Å². The standard InChI is InChI=1S/C12H17N5O/c1-8-11(3-4-18)15-7-17(8)6-10-5-14-9(2)16-12(10)13/h5,7,18H,3-4,6H2,1-2H3,(H2,13,14,16). The number of rotatable bonds is 4. The highest BCUT2D eigenvalue weighted by molar-refractivity contribution is 5.37. The van der Waals surface area contributed by atoms with Crippen LogP contribution in [0.5, 0.6) is 0 Å². The van der Waals surface area contributed by atoms with Crippen molar-refractivity contribution in [1.82, 2.24) is 19.5 Å². The maximum atomic E-state index is 8.93. The van der Waals surface area contributed by atoms with Gasteiger partial charge in [0.2, 0.25) is 0 Å². The van der Waals surface area contributed by atoms with E-state index in [-0.39, 0.29) is 6.61 Å². The van der Waals surface area contributed by atoms with Gasteiger partial charge in [0.15, 0.2) is 0 Å². The molecule has 0 amide bonds. The fourth-order valence-electron chi connectivity index (χ4n) is 1.81. The minimum absolute atomic E-state index is 0.105. The van der Waals surface area contributed by atoms with E-state index in [1.165, 1.54) is 0 Å². The number of aliphatic hydroxyl groups is 1. The molecule has 96 valence electrons. The normalized spacial score (nSPS) is 10.8. The Morgan fingerprint density at radius 1 is 1.33 bits per heavy atom. The second-order valence-corrected chi connectivity index (χ2v) is 4.21. The summed E-state index contributed by atoms with van der Waals surface area (Å²) in [5, 5.41) is 8.93. The summed E-state index contributed by atoms with van der Waals surface area (Å²) < 4.78 is 1.98. The van der Waals surface area contributed by atoms with Crippen LogP contribution in [0, 0.1) is 13.8 Å². The Morgan fingerprint density at radius 3 is 2.78 bits per heavy atom. The Hall–Kier alpha value is -1.95. The molecule has 0 fully saturated rings. The van der Waals surface area contributed by atoms with Crippen molar-refractivity contribution in [1.29, 1.82) is 0 Å². The van der Waals surface area contributed by atoms with E-state index in [0.717, 1.165) is 17.0 Å². The zero-order chi connectivity index (χ0) is 13.1. The SMILES string of the molecule is Cc1ncc(Cn2cnc(CCO)c2C)c(N)n1. The summed E-state index contributed by atoms with van der Waals surface area (Å²) in [7, 11) is 0. The van der Waals surface area contributed by atoms with E-state index >= 15 is 0 Å². The summed E-state index contributed by atoms with van der Waals surface area (Å²) in [4.78, 5) is 12.5. The Kier molecular flexibility index (Phi) is 3.57. The van der Waals surface area contributed by atoms with Gasteiger partial charge in [-0.1, -0.05) is 0 Å². The lowest BCUT2D eigenvalue weighted by Gasteiger charge is -2.08. The van der Waals surface area contributed by atoms with Crippen molar-refractivity contribution in [2.45, 2.75) is 26.8 Å². The maximum absolute atomic E-state index is 8.93. The number of aryl methyl sites for hydroxylation is 1. The molecule has 2 heterocycles. The van der Waals surface area contributed by atoms with Gasteiger partial charge in [-0.2, -0.15) is 0 Å². The second kappa shape index (κ2) is 5.14. The van der Waals surface area contributed by atoms with Gasteiger partial charge >= 0.3 is 0 Å². The number of imidazole rings is 1. The largest absolute Gasteiger partial charge is 0.396 e. The number of hydrogen-bond donors (Lipinski definition) is 2. The van der Waals surface area contributed by atoms with Crippen molar-refractivity contribution in [3.8, 4) is 0 Å². The molecule has 3 N–H and O–H groups in total. The third kappa shape index (κ3) is 2.48. The van der Waals surface area contributed by atoms with Crippen molar-refractivity contribution in [2.75, 3.05) is 12.3 Å². The minimum Gasteiger partial charge on any atom is -0.396 e. The number of nitrogen functional groups attached to an aromatic ring is 1. The molecule has 0 spiro atoms. The van der Waals surface area contributed by atoms with Gasteiger partial charge in [0.05, 0.1) is 18.6 Å². The van der Waals surface area contributed by atoms with Crippen LogP contribution in [0.1, 0.15) is 22.8 Å². The Labute approximate surface area is 106 Å². The Bertz CT molecular complexity index is 549. The molecule has 2 aromatic rings. The number of aliphatic hydroxyl groups excluding tert-OH is 1. The highest BCUT2D eigenvalue weighted by Crippen LogP contribution is 2.13. The van der Waals surface area contributed by atoms with Gasteiger partial charge in [-0.15, -0.1) is 0 Å². The molecule has 0 aromatic carbocycles. The van der Waals surface area contributed by atoms with Crippen molar-refractivity contribution in [2.24, 2.45) is 0 Å². The predicted molar refractivity (Wildman–Crippen MR) is 68.0 cm³/mol. The molecular formula is C12H17N5O. The summed E-state index contributed by atoms with van der Waals surface area (Å²) in [6.07, 6.45) is 4.06. The van der Waals surface area contributed by atoms with Crippen LogP contribution in [0.25, 0.3) is 0 Å². The molecule has 0 aliphatic rings. The van der Waals surface area contributed by atoms with Gasteiger partial charge in [0.25, 0.3) is 0 Å². The van der Waals surface area contributed by atoms with Gasteiger partial charge < -0.3 is 15.4 Å². The molecule has 0 saturated heterocycles. The summed E-state index contributed by atoms with van der Waals surface area (Å²) >= 11 is 0. The van der Waals surface area contributed by atoms with E-state index in [9.17, 15) is 0 Å². The number of hydrogen-bond acceptors (Lipinski definition) is 5. The average Bonchev–Trinajstić information content (AvgIpc) is 2.66. The molecule has 2 rings (SSSR count). The molecule has 6 nitrogen and oxygen atoms in total. The number of nitrogens with zero attached hydrogens (tertiary/aromatic N) is 4. The Morgan fingerprint density at radius 2 is 2.11 bits per heavy atom. The zero-order valence-electron chi connectivity index (χ0n) is 10.6. The third-order valence-corrected chi connectivity index (χ3v) is 2.91. The highest BCUT2D eigenvalue weighted by Gasteiger charge is 2.08. The first kappa shape index (κ1) is 12.5. The molecule has 2 aromatic heterocycles. The van der Waals surface area contributed by atoms with Crippen LogP contribution in [0.4, 0.5) is 5.82 Å². The van der Waals surface area contributed by atoms with E-state index in [0.29, 0.717) is 24.6 Å². The van der Waals surface area contributed by atoms with Crippen LogP contribution >= 0.6 is 0 Å². The molecular weight excluding hydrogens is 230 g/mol. The van der Waals surface area contributed by atoms with E-state index in [2.05, 4.69) is 15.0 Å². The van der Waals surface area contributed by atoms with Gasteiger partial charge in [-0.25, -0.2) is 15.0 Å². The second-order valence-electron chi connectivity index (χ2n) is 4.21. The number of anilines is 1. The van der Waals surface area contributed by atoms with Crippen molar-refractivity contribution >= 4 is 5.82 Å². The number of aromatic nitrogens is 4. The minimum atomic E-state index is 0.105. The zero-order valence-corrected chi connectivity index (χ0v) is 10.6. The Balaban J connectivity index is 2.23. The molecule has 18 heavy (non-hydrogen) atoms. The van der Waals surface area contributed by atoms with Crippen molar-refractivity contribution < 1.29 is 5.11 Å². The van der Waals surface area contributed by atoms with E-state index in [4.69, 9.17) is 10.8 Å². The lowest BCUT2D eigenvalue weighted by Crippen LogP contribution is -2.07. The third-order valence-electron chi connectivity index (χ3n) is 2.91. The summed E-state index contributed by atoms with van der Waals surface area (Å²) in [5.74, 6) is 1.17. The van der Waals surface area contributed by atoms with Crippen LogP contribution in [0.2, 0.25) is 0 Å². The summed E-state index contributed by atoms with van der Waals surface area (Å²) in [6.45, 7) is 4.48. The van der Waals surface area contributed by atoms with Gasteiger partial charge in [-0.05, 0) is 13.8 Å². The van der Waals surface area contributed by atoms with Crippen LogP contribution in [0.15, 0.2) is 12.5 Å². The number of nitrogens with two attached hydrogens (primary N) is 1. The molecule has 0 saturated carbocycles. The quantitative estimate of drug-likeness (QED) is 0.819.